The Hall–Kier alpha value is -2.50. The molecule has 2 rings (SSSR count). The van der Waals surface area contributed by atoms with Gasteiger partial charge in [-0.05, 0) is 25.1 Å². The molecule has 1 aromatic carbocycles. The summed E-state index contributed by atoms with van der Waals surface area (Å²) < 4.78 is 4.94. The molecule has 0 radical (unpaired) electrons. The van der Waals surface area contributed by atoms with Crippen LogP contribution in [0.15, 0.2) is 42.1 Å². The molecule has 0 bridgehead atoms. The van der Waals surface area contributed by atoms with Crippen LogP contribution in [0, 0.1) is 0 Å². The minimum atomic E-state index is -0.305. The highest BCUT2D eigenvalue weighted by atomic mass is 16.6. The second-order valence-electron chi connectivity index (χ2n) is 4.57. The molecule has 21 heavy (non-hydrogen) atoms. The lowest BCUT2D eigenvalue weighted by atomic mass is 10.2. The molecule has 2 amide bonds. The molecular formula is C15H19N3O3. The van der Waals surface area contributed by atoms with Crippen molar-refractivity contribution in [2.24, 2.45) is 0 Å². The Morgan fingerprint density at radius 3 is 2.67 bits per heavy atom. The van der Waals surface area contributed by atoms with Crippen molar-refractivity contribution in [3.8, 4) is 0 Å². The molecule has 0 aromatic heterocycles. The summed E-state index contributed by atoms with van der Waals surface area (Å²) in [4.78, 5) is 25.0. The lowest BCUT2D eigenvalue weighted by Crippen LogP contribution is -2.41. The standard InChI is InChI=1S/C15H19N3O3/c1-2-21-15(20)18-10-8-13(9-11-18)16-17-14(19)12-6-4-3-5-7-12/h3-8,16H,2,9-11H2,1H3,(H,17,19). The average Bonchev–Trinajstić information content (AvgIpc) is 2.54. The number of nitrogens with one attached hydrogen (secondary N) is 2. The van der Waals surface area contributed by atoms with E-state index >= 15 is 0 Å². The van der Waals surface area contributed by atoms with Crippen molar-refractivity contribution in [2.75, 3.05) is 19.7 Å². The third-order valence-corrected chi connectivity index (χ3v) is 3.11. The van der Waals surface area contributed by atoms with Crippen molar-refractivity contribution in [3.63, 3.8) is 0 Å². The van der Waals surface area contributed by atoms with Gasteiger partial charge in [-0.25, -0.2) is 4.79 Å². The number of carbonyl (C=O) groups excluding carboxylic acids is 2. The van der Waals surface area contributed by atoms with Crippen LogP contribution in [0.2, 0.25) is 0 Å². The number of rotatable bonds is 4. The lowest BCUT2D eigenvalue weighted by Gasteiger charge is -2.26. The summed E-state index contributed by atoms with van der Waals surface area (Å²) in [6.07, 6.45) is 2.21. The van der Waals surface area contributed by atoms with E-state index in [-0.39, 0.29) is 12.0 Å². The van der Waals surface area contributed by atoms with E-state index in [0.29, 0.717) is 31.7 Å². The fourth-order valence-corrected chi connectivity index (χ4v) is 1.96. The number of ether oxygens (including phenoxy) is 1. The maximum absolute atomic E-state index is 11.9. The van der Waals surface area contributed by atoms with Gasteiger partial charge in [0, 0.05) is 30.8 Å². The van der Waals surface area contributed by atoms with E-state index in [1.165, 1.54) is 0 Å². The van der Waals surface area contributed by atoms with Gasteiger partial charge in [0.1, 0.15) is 0 Å². The van der Waals surface area contributed by atoms with E-state index in [4.69, 9.17) is 4.74 Å². The normalized spacial score (nSPS) is 14.1. The third-order valence-electron chi connectivity index (χ3n) is 3.11. The van der Waals surface area contributed by atoms with Gasteiger partial charge in [-0.15, -0.1) is 0 Å². The SMILES string of the molecule is CCOC(=O)N1CC=C(NNC(=O)c2ccccc2)CC1. The molecule has 6 nitrogen and oxygen atoms in total. The molecule has 1 aromatic rings. The van der Waals surface area contributed by atoms with Gasteiger partial charge in [0.25, 0.3) is 5.91 Å². The quantitative estimate of drug-likeness (QED) is 0.827. The first-order chi connectivity index (χ1) is 10.2. The highest BCUT2D eigenvalue weighted by molar-refractivity contribution is 5.93. The number of carbonyl (C=O) groups is 2. The highest BCUT2D eigenvalue weighted by Gasteiger charge is 2.18. The Kier molecular flexibility index (Phi) is 5.20. The average molecular weight is 289 g/mol. The van der Waals surface area contributed by atoms with E-state index < -0.39 is 0 Å². The first kappa shape index (κ1) is 14.9. The second kappa shape index (κ2) is 7.33. The van der Waals surface area contributed by atoms with Crippen molar-refractivity contribution in [1.29, 1.82) is 0 Å². The summed E-state index contributed by atoms with van der Waals surface area (Å²) in [5.74, 6) is -0.190. The van der Waals surface area contributed by atoms with Gasteiger partial charge >= 0.3 is 6.09 Å². The van der Waals surface area contributed by atoms with E-state index in [1.807, 2.05) is 24.3 Å². The monoisotopic (exact) mass is 289 g/mol. The lowest BCUT2D eigenvalue weighted by molar-refractivity contribution is 0.0932. The molecule has 0 saturated carbocycles. The fourth-order valence-electron chi connectivity index (χ4n) is 1.96. The molecule has 2 N–H and O–H groups in total. The second-order valence-corrected chi connectivity index (χ2v) is 4.57. The molecule has 0 saturated heterocycles. The predicted molar refractivity (Wildman–Crippen MR) is 78.3 cm³/mol. The van der Waals surface area contributed by atoms with Crippen LogP contribution in [0.1, 0.15) is 23.7 Å². The number of hydrogen-bond donors (Lipinski definition) is 2. The summed E-state index contributed by atoms with van der Waals surface area (Å²) in [6.45, 7) is 3.20. The molecule has 112 valence electrons. The first-order valence-electron chi connectivity index (χ1n) is 6.93. The zero-order valence-electron chi connectivity index (χ0n) is 12.0. The summed E-state index contributed by atoms with van der Waals surface area (Å²) in [7, 11) is 0. The third kappa shape index (κ3) is 4.24. The van der Waals surface area contributed by atoms with Crippen LogP contribution in [0.3, 0.4) is 0 Å². The summed E-state index contributed by atoms with van der Waals surface area (Å²) in [5, 5.41) is 0. The van der Waals surface area contributed by atoms with Crippen LogP contribution in [-0.4, -0.2) is 36.6 Å². The molecule has 0 fully saturated rings. The van der Waals surface area contributed by atoms with E-state index in [2.05, 4.69) is 10.9 Å². The first-order valence-corrected chi connectivity index (χ1v) is 6.93. The number of hydrogen-bond acceptors (Lipinski definition) is 4. The van der Waals surface area contributed by atoms with E-state index in [9.17, 15) is 9.59 Å². The molecule has 1 aliphatic heterocycles. The maximum atomic E-state index is 11.9. The minimum Gasteiger partial charge on any atom is -0.450 e. The van der Waals surface area contributed by atoms with E-state index in [1.54, 1.807) is 24.0 Å². The molecular weight excluding hydrogens is 270 g/mol. The van der Waals surface area contributed by atoms with Crippen molar-refractivity contribution in [2.45, 2.75) is 13.3 Å². The summed E-state index contributed by atoms with van der Waals surface area (Å²) in [6, 6.07) is 8.97. The van der Waals surface area contributed by atoms with Crippen LogP contribution in [0.25, 0.3) is 0 Å². The van der Waals surface area contributed by atoms with Crippen molar-refractivity contribution >= 4 is 12.0 Å². The van der Waals surface area contributed by atoms with E-state index in [0.717, 1.165) is 5.70 Å². The van der Waals surface area contributed by atoms with Gasteiger partial charge in [-0.1, -0.05) is 18.2 Å². The fraction of sp³-hybridized carbons (Fsp3) is 0.333. The maximum Gasteiger partial charge on any atom is 0.410 e. The summed E-state index contributed by atoms with van der Waals surface area (Å²) >= 11 is 0. The molecule has 0 aliphatic carbocycles. The zero-order chi connectivity index (χ0) is 15.1. The Labute approximate surface area is 123 Å². The molecule has 1 heterocycles. The Morgan fingerprint density at radius 1 is 1.29 bits per heavy atom. The largest absolute Gasteiger partial charge is 0.450 e. The summed E-state index contributed by atoms with van der Waals surface area (Å²) in [5.41, 5.74) is 7.02. The number of nitrogens with zero attached hydrogens (tertiary/aromatic N) is 1. The van der Waals surface area contributed by atoms with Gasteiger partial charge in [0.05, 0.1) is 6.61 Å². The van der Waals surface area contributed by atoms with Crippen LogP contribution in [-0.2, 0) is 4.74 Å². The van der Waals surface area contributed by atoms with Crippen LogP contribution in [0.5, 0.6) is 0 Å². The van der Waals surface area contributed by atoms with Gasteiger partial charge in [0.2, 0.25) is 0 Å². The van der Waals surface area contributed by atoms with Gasteiger partial charge in [-0.3, -0.25) is 10.2 Å². The molecule has 0 spiro atoms. The molecule has 1 aliphatic rings. The van der Waals surface area contributed by atoms with Crippen LogP contribution < -0.4 is 10.9 Å². The minimum absolute atomic E-state index is 0.190. The topological polar surface area (TPSA) is 70.7 Å². The molecule has 0 unspecified atom stereocenters. The van der Waals surface area contributed by atoms with Crippen molar-refractivity contribution in [1.82, 2.24) is 15.8 Å². The molecule has 6 heteroatoms. The van der Waals surface area contributed by atoms with Crippen molar-refractivity contribution in [3.05, 3.63) is 47.7 Å². The smallest absolute Gasteiger partial charge is 0.410 e. The molecule has 0 atom stereocenters. The van der Waals surface area contributed by atoms with Crippen LogP contribution >= 0.6 is 0 Å². The number of benzene rings is 1. The number of hydrazine groups is 1. The van der Waals surface area contributed by atoms with Gasteiger partial charge in [0.15, 0.2) is 0 Å². The zero-order valence-corrected chi connectivity index (χ0v) is 12.0. The Bertz CT molecular complexity index is 528. The van der Waals surface area contributed by atoms with Crippen molar-refractivity contribution < 1.29 is 14.3 Å². The number of amides is 2. The van der Waals surface area contributed by atoms with Crippen LogP contribution in [0.4, 0.5) is 4.79 Å². The predicted octanol–water partition coefficient (Wildman–Crippen LogP) is 1.67. The Morgan fingerprint density at radius 2 is 2.05 bits per heavy atom. The van der Waals surface area contributed by atoms with Gasteiger partial charge in [-0.2, -0.15) is 0 Å². The Balaban J connectivity index is 1.80. The van der Waals surface area contributed by atoms with Gasteiger partial charge < -0.3 is 15.1 Å². The highest BCUT2D eigenvalue weighted by Crippen LogP contribution is 2.09.